The highest BCUT2D eigenvalue weighted by Gasteiger charge is 2.38. The number of halogens is 3. The molecule has 0 aromatic heterocycles. The van der Waals surface area contributed by atoms with Crippen LogP contribution in [0.15, 0.2) is 48.5 Å². The Hall–Kier alpha value is -2.57. The Morgan fingerprint density at radius 3 is 2.20 bits per heavy atom. The summed E-state index contributed by atoms with van der Waals surface area (Å²) >= 11 is 0. The summed E-state index contributed by atoms with van der Waals surface area (Å²) in [7, 11) is 0. The van der Waals surface area contributed by atoms with Crippen molar-refractivity contribution in [3.05, 3.63) is 64.2 Å². The van der Waals surface area contributed by atoms with Gasteiger partial charge in [0.15, 0.2) is 0 Å². The Morgan fingerprint density at radius 2 is 1.65 bits per heavy atom. The number of hydrogen-bond donors (Lipinski definition) is 0. The van der Waals surface area contributed by atoms with Crippen LogP contribution < -0.4 is 4.74 Å². The largest absolute Gasteiger partial charge is 0.457 e. The van der Waals surface area contributed by atoms with Crippen LogP contribution in [0.25, 0.3) is 0 Å². The van der Waals surface area contributed by atoms with Crippen LogP contribution in [-0.2, 0) is 6.18 Å². The van der Waals surface area contributed by atoms with Crippen molar-refractivity contribution in [2.45, 2.75) is 6.18 Å². The number of rotatable bonds is 3. The highest BCUT2D eigenvalue weighted by atomic mass is 19.4. The lowest BCUT2D eigenvalue weighted by Crippen LogP contribution is -2.09. The average Bonchev–Trinajstić information content (AvgIpc) is 2.38. The number of para-hydroxylation sites is 1. The van der Waals surface area contributed by atoms with Crippen molar-refractivity contribution >= 4 is 5.69 Å². The van der Waals surface area contributed by atoms with Crippen molar-refractivity contribution in [1.82, 2.24) is 0 Å². The number of nitro benzene ring substituents is 1. The van der Waals surface area contributed by atoms with Gasteiger partial charge in [0.05, 0.1) is 4.92 Å². The van der Waals surface area contributed by atoms with Crippen molar-refractivity contribution < 1.29 is 22.8 Å². The van der Waals surface area contributed by atoms with E-state index in [-0.39, 0.29) is 5.75 Å². The molecule has 0 radical (unpaired) electrons. The highest BCUT2D eigenvalue weighted by Crippen LogP contribution is 2.38. The molecule has 0 bridgehead atoms. The van der Waals surface area contributed by atoms with Gasteiger partial charge in [-0.25, -0.2) is 0 Å². The van der Waals surface area contributed by atoms with Crippen LogP contribution in [0, 0.1) is 10.1 Å². The number of alkyl halides is 3. The van der Waals surface area contributed by atoms with Crippen LogP contribution in [0.2, 0.25) is 0 Å². The van der Waals surface area contributed by atoms with Crippen LogP contribution in [-0.4, -0.2) is 4.92 Å². The lowest BCUT2D eigenvalue weighted by Gasteiger charge is -2.10. The number of ether oxygens (including phenoxy) is 1. The van der Waals surface area contributed by atoms with Crippen LogP contribution in [0.3, 0.4) is 0 Å². The minimum Gasteiger partial charge on any atom is -0.457 e. The minimum atomic E-state index is -4.82. The topological polar surface area (TPSA) is 52.4 Å². The Morgan fingerprint density at radius 1 is 1.00 bits per heavy atom. The van der Waals surface area contributed by atoms with Gasteiger partial charge < -0.3 is 4.74 Å². The fourth-order valence-corrected chi connectivity index (χ4v) is 1.59. The molecule has 2 rings (SSSR count). The maximum absolute atomic E-state index is 12.8. The summed E-state index contributed by atoms with van der Waals surface area (Å²) in [6.07, 6.45) is -4.82. The van der Waals surface area contributed by atoms with Crippen molar-refractivity contribution in [3.8, 4) is 11.5 Å². The third kappa shape index (κ3) is 3.05. The highest BCUT2D eigenvalue weighted by molar-refractivity contribution is 5.48. The second kappa shape index (κ2) is 5.20. The van der Waals surface area contributed by atoms with Gasteiger partial charge in [0, 0.05) is 6.07 Å². The van der Waals surface area contributed by atoms with Crippen LogP contribution in [0.5, 0.6) is 11.5 Å². The molecule has 0 saturated carbocycles. The number of nitro groups is 1. The summed E-state index contributed by atoms with van der Waals surface area (Å²) in [5.74, 6) is 0.226. The number of benzene rings is 2. The molecule has 0 aliphatic heterocycles. The average molecular weight is 283 g/mol. The van der Waals surface area contributed by atoms with Gasteiger partial charge in [0.1, 0.15) is 17.1 Å². The van der Waals surface area contributed by atoms with Crippen molar-refractivity contribution in [2.24, 2.45) is 0 Å². The monoisotopic (exact) mass is 283 g/mol. The molecule has 4 nitrogen and oxygen atoms in total. The summed E-state index contributed by atoms with van der Waals surface area (Å²) in [4.78, 5) is 9.53. The van der Waals surface area contributed by atoms with E-state index in [4.69, 9.17) is 4.74 Å². The summed E-state index contributed by atoms with van der Waals surface area (Å²) in [6.45, 7) is 0. The van der Waals surface area contributed by atoms with E-state index >= 15 is 0 Å². The van der Waals surface area contributed by atoms with Gasteiger partial charge in [-0.05, 0) is 24.3 Å². The van der Waals surface area contributed by atoms with E-state index in [1.807, 2.05) is 0 Å². The normalized spacial score (nSPS) is 11.2. The summed E-state index contributed by atoms with van der Waals surface area (Å²) in [5.41, 5.74) is -2.34. The molecule has 0 aliphatic rings. The second-order valence-corrected chi connectivity index (χ2v) is 3.85. The Kier molecular flexibility index (Phi) is 3.60. The van der Waals surface area contributed by atoms with Gasteiger partial charge in [0.2, 0.25) is 0 Å². The first kappa shape index (κ1) is 13.9. The molecule has 7 heteroatoms. The molecule has 0 saturated heterocycles. The molecule has 2 aromatic rings. The Balaban J connectivity index is 2.40. The molecule has 0 heterocycles. The first-order valence-corrected chi connectivity index (χ1v) is 5.46. The van der Waals surface area contributed by atoms with Gasteiger partial charge >= 0.3 is 6.18 Å². The maximum atomic E-state index is 12.8. The van der Waals surface area contributed by atoms with E-state index in [1.165, 1.54) is 0 Å². The van der Waals surface area contributed by atoms with Gasteiger partial charge in [-0.1, -0.05) is 18.2 Å². The SMILES string of the molecule is O=[N+]([O-])c1ccc(Oc2ccccc2)cc1C(F)(F)F. The molecule has 0 fully saturated rings. The molecule has 0 atom stereocenters. The van der Waals surface area contributed by atoms with E-state index in [1.54, 1.807) is 30.3 Å². The van der Waals surface area contributed by atoms with Crippen LogP contribution in [0.1, 0.15) is 5.56 Å². The summed E-state index contributed by atoms with van der Waals surface area (Å²) in [6, 6.07) is 10.7. The second-order valence-electron chi connectivity index (χ2n) is 3.85. The lowest BCUT2D eigenvalue weighted by atomic mass is 10.1. The zero-order valence-electron chi connectivity index (χ0n) is 9.92. The van der Waals surface area contributed by atoms with E-state index in [0.717, 1.165) is 12.1 Å². The third-order valence-electron chi connectivity index (χ3n) is 2.45. The van der Waals surface area contributed by atoms with Crippen LogP contribution in [0.4, 0.5) is 18.9 Å². The summed E-state index contributed by atoms with van der Waals surface area (Å²) in [5, 5.41) is 10.6. The zero-order chi connectivity index (χ0) is 14.8. The molecule has 2 aromatic carbocycles. The molecule has 0 amide bonds. The van der Waals surface area contributed by atoms with Gasteiger partial charge in [-0.3, -0.25) is 10.1 Å². The van der Waals surface area contributed by atoms with Gasteiger partial charge in [0.25, 0.3) is 5.69 Å². The van der Waals surface area contributed by atoms with Crippen LogP contribution >= 0.6 is 0 Å². The van der Waals surface area contributed by atoms with E-state index in [0.29, 0.717) is 11.8 Å². The van der Waals surface area contributed by atoms with E-state index in [2.05, 4.69) is 0 Å². The Bertz CT molecular complexity index is 627. The molecule has 0 spiro atoms. The molecule has 20 heavy (non-hydrogen) atoms. The quantitative estimate of drug-likeness (QED) is 0.619. The smallest absolute Gasteiger partial charge is 0.423 e. The lowest BCUT2D eigenvalue weighted by molar-refractivity contribution is -0.388. The first-order chi connectivity index (χ1) is 9.38. The van der Waals surface area contributed by atoms with Crippen molar-refractivity contribution in [2.75, 3.05) is 0 Å². The van der Waals surface area contributed by atoms with E-state index in [9.17, 15) is 23.3 Å². The zero-order valence-corrected chi connectivity index (χ0v) is 9.92. The number of hydrogen-bond acceptors (Lipinski definition) is 3. The predicted octanol–water partition coefficient (Wildman–Crippen LogP) is 4.41. The van der Waals surface area contributed by atoms with Crippen molar-refractivity contribution in [3.63, 3.8) is 0 Å². The fraction of sp³-hybridized carbons (Fsp3) is 0.0769. The molecule has 104 valence electrons. The summed E-state index contributed by atoms with van der Waals surface area (Å²) < 4.78 is 43.5. The predicted molar refractivity (Wildman–Crippen MR) is 64.6 cm³/mol. The van der Waals surface area contributed by atoms with Crippen molar-refractivity contribution in [1.29, 1.82) is 0 Å². The molecule has 0 unspecified atom stereocenters. The molecule has 0 aliphatic carbocycles. The Labute approximate surface area is 111 Å². The third-order valence-corrected chi connectivity index (χ3v) is 2.45. The van der Waals surface area contributed by atoms with E-state index < -0.39 is 22.4 Å². The molecular weight excluding hydrogens is 275 g/mol. The molecular formula is C13H8F3NO3. The first-order valence-electron chi connectivity index (χ1n) is 5.46. The minimum absolute atomic E-state index is 0.117. The van der Waals surface area contributed by atoms with Gasteiger partial charge in [-0.2, -0.15) is 13.2 Å². The fourth-order valence-electron chi connectivity index (χ4n) is 1.59. The maximum Gasteiger partial charge on any atom is 0.423 e. The number of nitrogens with zero attached hydrogens (tertiary/aromatic N) is 1. The van der Waals surface area contributed by atoms with Gasteiger partial charge in [-0.15, -0.1) is 0 Å². The standard InChI is InChI=1S/C13H8F3NO3/c14-13(15,16)11-8-10(6-7-12(11)17(18)19)20-9-4-2-1-3-5-9/h1-8H. The molecule has 0 N–H and O–H groups in total.